The number of pyridine rings is 1. The molecule has 2 heterocycles. The number of nitrogens with zero attached hydrogens (tertiary/aromatic N) is 1. The number of aryl methyl sites for hydroxylation is 1. The van der Waals surface area contributed by atoms with Gasteiger partial charge in [0.25, 0.3) is 10.0 Å². The lowest BCUT2D eigenvalue weighted by molar-refractivity contribution is 0.601. The summed E-state index contributed by atoms with van der Waals surface area (Å²) in [7, 11) is -3.55. The third kappa shape index (κ3) is 4.26. The minimum absolute atomic E-state index is 0.295. The summed E-state index contributed by atoms with van der Waals surface area (Å²) >= 11 is 1.44. The Morgan fingerprint density at radius 1 is 1.38 bits per heavy atom. The molecule has 7 heteroatoms. The first kappa shape index (κ1) is 15.9. The van der Waals surface area contributed by atoms with Crippen LogP contribution in [0.3, 0.4) is 0 Å². The van der Waals surface area contributed by atoms with Gasteiger partial charge in [0.05, 0.1) is 16.3 Å². The van der Waals surface area contributed by atoms with Crippen LogP contribution in [0.2, 0.25) is 0 Å². The summed E-state index contributed by atoms with van der Waals surface area (Å²) in [5.74, 6) is 0. The number of hydrogen-bond acceptors (Lipinski definition) is 5. The van der Waals surface area contributed by atoms with Gasteiger partial charge in [0.15, 0.2) is 0 Å². The third-order valence-electron chi connectivity index (χ3n) is 2.92. The van der Waals surface area contributed by atoms with Gasteiger partial charge in [-0.25, -0.2) is 8.42 Å². The van der Waals surface area contributed by atoms with Crippen LogP contribution >= 0.6 is 11.3 Å². The fourth-order valence-electron chi connectivity index (χ4n) is 1.78. The van der Waals surface area contributed by atoms with Crippen LogP contribution < -0.4 is 10.0 Å². The van der Waals surface area contributed by atoms with Gasteiger partial charge in [-0.15, -0.1) is 11.3 Å². The van der Waals surface area contributed by atoms with E-state index in [1.165, 1.54) is 11.3 Å². The summed E-state index contributed by atoms with van der Waals surface area (Å²) < 4.78 is 27.3. The Morgan fingerprint density at radius 3 is 2.90 bits per heavy atom. The second kappa shape index (κ2) is 7.02. The van der Waals surface area contributed by atoms with Crippen molar-refractivity contribution < 1.29 is 8.42 Å². The quantitative estimate of drug-likeness (QED) is 0.768. The number of thiophene rings is 1. The van der Waals surface area contributed by atoms with E-state index in [0.29, 0.717) is 22.8 Å². The van der Waals surface area contributed by atoms with E-state index in [0.717, 1.165) is 17.8 Å². The van der Waals surface area contributed by atoms with Crippen LogP contribution in [-0.4, -0.2) is 19.9 Å². The van der Waals surface area contributed by atoms with Gasteiger partial charge in [-0.05, 0) is 38.1 Å². The summed E-state index contributed by atoms with van der Waals surface area (Å²) in [5.41, 5.74) is 1.16. The van der Waals surface area contributed by atoms with Gasteiger partial charge < -0.3 is 5.32 Å². The molecule has 5 nitrogen and oxygen atoms in total. The fourth-order valence-corrected chi connectivity index (χ4v) is 4.14. The molecule has 0 aliphatic rings. The van der Waals surface area contributed by atoms with E-state index in [1.807, 2.05) is 0 Å². The molecule has 0 aliphatic heterocycles. The van der Waals surface area contributed by atoms with Crippen LogP contribution in [0.25, 0.3) is 0 Å². The van der Waals surface area contributed by atoms with Gasteiger partial charge >= 0.3 is 0 Å². The van der Waals surface area contributed by atoms with E-state index in [9.17, 15) is 8.42 Å². The SMILES string of the molecule is CCCNCc1cc(S(=O)(=O)Nc2cccnc2C)cs1. The molecule has 0 unspecified atom stereocenters. The third-order valence-corrected chi connectivity index (χ3v) is 5.35. The molecule has 114 valence electrons. The molecule has 0 fully saturated rings. The van der Waals surface area contributed by atoms with E-state index in [4.69, 9.17) is 0 Å². The van der Waals surface area contributed by atoms with Crippen molar-refractivity contribution >= 4 is 27.0 Å². The van der Waals surface area contributed by atoms with Crippen LogP contribution in [0.4, 0.5) is 5.69 Å². The maximum absolute atomic E-state index is 12.3. The first-order valence-corrected chi connectivity index (χ1v) is 9.12. The Labute approximate surface area is 129 Å². The average Bonchev–Trinajstić information content (AvgIpc) is 2.91. The number of aromatic nitrogens is 1. The highest BCUT2D eigenvalue weighted by Gasteiger charge is 2.17. The van der Waals surface area contributed by atoms with Crippen LogP contribution in [-0.2, 0) is 16.6 Å². The van der Waals surface area contributed by atoms with Crippen molar-refractivity contribution in [1.82, 2.24) is 10.3 Å². The van der Waals surface area contributed by atoms with Crippen molar-refractivity contribution in [3.8, 4) is 0 Å². The highest BCUT2D eigenvalue weighted by molar-refractivity contribution is 7.92. The van der Waals surface area contributed by atoms with Gasteiger partial charge in [-0.1, -0.05) is 6.92 Å². The molecule has 2 aromatic rings. The van der Waals surface area contributed by atoms with Crippen molar-refractivity contribution in [1.29, 1.82) is 0 Å². The average molecular weight is 325 g/mol. The lowest BCUT2D eigenvalue weighted by Crippen LogP contribution is -2.14. The highest BCUT2D eigenvalue weighted by Crippen LogP contribution is 2.22. The Kier molecular flexibility index (Phi) is 5.33. The van der Waals surface area contributed by atoms with Crippen molar-refractivity contribution in [2.45, 2.75) is 31.7 Å². The van der Waals surface area contributed by atoms with E-state index in [1.54, 1.807) is 36.7 Å². The number of sulfonamides is 1. The molecule has 0 radical (unpaired) electrons. The van der Waals surface area contributed by atoms with Crippen LogP contribution in [0.1, 0.15) is 23.9 Å². The predicted molar refractivity (Wildman–Crippen MR) is 86.1 cm³/mol. The zero-order valence-corrected chi connectivity index (χ0v) is 13.7. The van der Waals surface area contributed by atoms with Gasteiger partial charge in [0, 0.05) is 23.0 Å². The molecule has 0 saturated carbocycles. The molecular weight excluding hydrogens is 306 g/mol. The van der Waals surface area contributed by atoms with Gasteiger partial charge in [0.2, 0.25) is 0 Å². The molecular formula is C14H19N3O2S2. The van der Waals surface area contributed by atoms with E-state index in [-0.39, 0.29) is 0 Å². The normalized spacial score (nSPS) is 11.5. The molecule has 0 saturated heterocycles. The Balaban J connectivity index is 2.11. The van der Waals surface area contributed by atoms with E-state index < -0.39 is 10.0 Å². The van der Waals surface area contributed by atoms with Crippen LogP contribution in [0.15, 0.2) is 34.7 Å². The molecule has 2 N–H and O–H groups in total. The number of nitrogens with one attached hydrogen (secondary N) is 2. The largest absolute Gasteiger partial charge is 0.312 e. The maximum atomic E-state index is 12.3. The Morgan fingerprint density at radius 2 is 2.19 bits per heavy atom. The summed E-state index contributed by atoms with van der Waals surface area (Å²) in [4.78, 5) is 5.38. The second-order valence-corrected chi connectivity index (χ2v) is 7.35. The molecule has 0 spiro atoms. The van der Waals surface area contributed by atoms with E-state index in [2.05, 4.69) is 21.9 Å². The van der Waals surface area contributed by atoms with Gasteiger partial charge in [-0.2, -0.15) is 0 Å². The number of anilines is 1. The molecule has 2 rings (SSSR count). The summed E-state index contributed by atoms with van der Waals surface area (Å²) in [6.07, 6.45) is 2.69. The van der Waals surface area contributed by atoms with Crippen LogP contribution in [0.5, 0.6) is 0 Å². The van der Waals surface area contributed by atoms with Crippen molar-refractivity contribution in [2.24, 2.45) is 0 Å². The second-order valence-electron chi connectivity index (χ2n) is 4.67. The lowest BCUT2D eigenvalue weighted by atomic mass is 10.3. The Hall–Kier alpha value is -1.44. The summed E-state index contributed by atoms with van der Waals surface area (Å²) in [6, 6.07) is 5.12. The fraction of sp³-hybridized carbons (Fsp3) is 0.357. The molecule has 0 bridgehead atoms. The summed E-state index contributed by atoms with van der Waals surface area (Å²) in [5, 5.41) is 4.92. The Bertz CT molecular complexity index is 696. The lowest BCUT2D eigenvalue weighted by Gasteiger charge is -2.08. The topological polar surface area (TPSA) is 71.1 Å². The molecule has 0 aliphatic carbocycles. The number of hydrogen-bond donors (Lipinski definition) is 2. The smallest absolute Gasteiger partial charge is 0.262 e. The first-order chi connectivity index (χ1) is 10.0. The molecule has 0 amide bonds. The predicted octanol–water partition coefficient (Wildman–Crippen LogP) is 2.75. The van der Waals surface area contributed by atoms with Crippen molar-refractivity contribution in [2.75, 3.05) is 11.3 Å². The minimum Gasteiger partial charge on any atom is -0.312 e. The molecule has 2 aromatic heterocycles. The van der Waals surface area contributed by atoms with Gasteiger partial charge in [-0.3, -0.25) is 9.71 Å². The molecule has 0 aromatic carbocycles. The van der Waals surface area contributed by atoms with Gasteiger partial charge in [0.1, 0.15) is 0 Å². The van der Waals surface area contributed by atoms with E-state index >= 15 is 0 Å². The van der Waals surface area contributed by atoms with Crippen molar-refractivity contribution in [3.63, 3.8) is 0 Å². The monoisotopic (exact) mass is 325 g/mol. The summed E-state index contributed by atoms with van der Waals surface area (Å²) in [6.45, 7) is 5.48. The highest BCUT2D eigenvalue weighted by atomic mass is 32.2. The van der Waals surface area contributed by atoms with Crippen LogP contribution in [0, 0.1) is 6.92 Å². The minimum atomic E-state index is -3.55. The molecule has 0 atom stereocenters. The van der Waals surface area contributed by atoms with Crippen molar-refractivity contribution in [3.05, 3.63) is 40.3 Å². The standard InChI is InChI=1S/C14H19N3O2S2/c1-3-6-15-9-12-8-13(10-20-12)21(18,19)17-14-5-4-7-16-11(14)2/h4-5,7-8,10,15,17H,3,6,9H2,1-2H3. The first-order valence-electron chi connectivity index (χ1n) is 6.75. The number of rotatable bonds is 7. The zero-order valence-electron chi connectivity index (χ0n) is 12.1. The molecule has 21 heavy (non-hydrogen) atoms. The maximum Gasteiger partial charge on any atom is 0.262 e. The zero-order chi connectivity index (χ0) is 15.3.